The average Bonchev–Trinajstić information content (AvgIpc) is 2.99. The van der Waals surface area contributed by atoms with E-state index in [1.807, 2.05) is 6.92 Å². The van der Waals surface area contributed by atoms with Crippen LogP contribution in [0.4, 0.5) is 10.5 Å². The molecular weight excluding hydrogens is 574 g/mol. The predicted octanol–water partition coefficient (Wildman–Crippen LogP) is 1.06. The van der Waals surface area contributed by atoms with Crippen LogP contribution >= 0.6 is 0 Å². The van der Waals surface area contributed by atoms with Crippen LogP contribution in [0.5, 0.6) is 0 Å². The maximum absolute atomic E-state index is 13.2. The van der Waals surface area contributed by atoms with Crippen molar-refractivity contribution in [1.82, 2.24) is 16.0 Å². The van der Waals surface area contributed by atoms with E-state index in [1.54, 1.807) is 38.1 Å². The summed E-state index contributed by atoms with van der Waals surface area (Å²) in [4.78, 5) is 49.9. The second-order valence-electron chi connectivity index (χ2n) is 10.3. The Morgan fingerprint density at radius 2 is 1.41 bits per heavy atom. The zero-order valence-electron chi connectivity index (χ0n) is 26.2. The molecule has 2 atom stereocenters. The number of carbonyl (C=O) groups is 4. The second kappa shape index (κ2) is 24.1. The summed E-state index contributed by atoms with van der Waals surface area (Å²) in [6, 6.07) is 4.15. The number of carbonyl (C=O) groups excluding carboxylic acids is 4. The zero-order chi connectivity index (χ0) is 32.6. The van der Waals surface area contributed by atoms with Crippen molar-refractivity contribution in [2.24, 2.45) is 11.7 Å². The molecule has 0 heterocycles. The van der Waals surface area contributed by atoms with Crippen LogP contribution < -0.4 is 27.0 Å². The lowest BCUT2D eigenvalue weighted by Crippen LogP contribution is -2.54. The molecule has 0 bridgehead atoms. The van der Waals surface area contributed by atoms with Crippen molar-refractivity contribution in [3.63, 3.8) is 0 Å². The van der Waals surface area contributed by atoms with Crippen LogP contribution in [0.2, 0.25) is 0 Å². The Morgan fingerprint density at radius 3 is 1.95 bits per heavy atom. The van der Waals surface area contributed by atoms with Gasteiger partial charge in [-0.1, -0.05) is 26.0 Å². The van der Waals surface area contributed by atoms with Gasteiger partial charge in [0.25, 0.3) is 0 Å². The fourth-order valence-corrected chi connectivity index (χ4v) is 3.89. The van der Waals surface area contributed by atoms with Crippen LogP contribution in [-0.2, 0) is 39.9 Å². The first kappa shape index (κ1) is 38.7. The van der Waals surface area contributed by atoms with Crippen molar-refractivity contribution in [1.29, 1.82) is 0 Å². The lowest BCUT2D eigenvalue weighted by atomic mass is 10.0. The van der Waals surface area contributed by atoms with Gasteiger partial charge in [0.15, 0.2) is 0 Å². The van der Waals surface area contributed by atoms with Crippen LogP contribution in [0.3, 0.4) is 0 Å². The number of nitrogens with one attached hydrogen (secondary N) is 4. The first-order chi connectivity index (χ1) is 21.2. The highest BCUT2D eigenvalue weighted by atomic mass is 16.6. The maximum Gasteiger partial charge on any atom is 0.312 e. The van der Waals surface area contributed by atoms with Crippen molar-refractivity contribution in [2.45, 2.75) is 65.1 Å². The molecule has 0 aliphatic heterocycles. The van der Waals surface area contributed by atoms with E-state index >= 15 is 0 Å². The summed E-state index contributed by atoms with van der Waals surface area (Å²) >= 11 is 0. The molecule has 14 heteroatoms. The molecule has 0 aromatic heterocycles. The van der Waals surface area contributed by atoms with E-state index in [-0.39, 0.29) is 37.8 Å². The Hall–Kier alpha value is -3.30. The summed E-state index contributed by atoms with van der Waals surface area (Å²) in [5, 5.41) is 20.0. The number of amides is 5. The molecule has 1 aromatic rings. The molecule has 14 nitrogen and oxygen atoms in total. The molecule has 7 N–H and O–H groups in total. The molecule has 250 valence electrons. The second-order valence-corrected chi connectivity index (χ2v) is 10.3. The number of aliphatic hydroxyl groups is 1. The highest BCUT2D eigenvalue weighted by Gasteiger charge is 2.28. The van der Waals surface area contributed by atoms with E-state index in [2.05, 4.69) is 21.3 Å². The van der Waals surface area contributed by atoms with Gasteiger partial charge < -0.3 is 51.1 Å². The van der Waals surface area contributed by atoms with Gasteiger partial charge in [-0.25, -0.2) is 4.79 Å². The van der Waals surface area contributed by atoms with E-state index in [0.29, 0.717) is 76.9 Å². The number of ether oxygens (including phenoxy) is 4. The molecule has 0 aliphatic carbocycles. The molecule has 5 amide bonds. The molecule has 44 heavy (non-hydrogen) atoms. The average molecular weight is 626 g/mol. The number of hydrogen-bond donors (Lipinski definition) is 6. The third-order valence-corrected chi connectivity index (χ3v) is 6.28. The molecule has 0 saturated carbocycles. The van der Waals surface area contributed by atoms with Crippen LogP contribution in [0.15, 0.2) is 24.3 Å². The largest absolute Gasteiger partial charge is 0.392 e. The quantitative estimate of drug-likeness (QED) is 0.0860. The first-order valence-corrected chi connectivity index (χ1v) is 15.1. The Kier molecular flexibility index (Phi) is 21.2. The number of hydrogen-bond acceptors (Lipinski definition) is 9. The van der Waals surface area contributed by atoms with Crippen molar-refractivity contribution in [3.05, 3.63) is 29.8 Å². The number of rotatable bonds is 25. The Bertz CT molecular complexity index is 963. The molecule has 1 rings (SSSR count). The number of benzene rings is 1. The van der Waals surface area contributed by atoms with Gasteiger partial charge in [0.05, 0.1) is 46.2 Å². The van der Waals surface area contributed by atoms with E-state index in [0.717, 1.165) is 0 Å². The third kappa shape index (κ3) is 18.4. The summed E-state index contributed by atoms with van der Waals surface area (Å²) in [7, 11) is 0. The molecular formula is C30H51N5O9. The highest BCUT2D eigenvalue weighted by Crippen LogP contribution is 2.12. The molecule has 0 radical (unpaired) electrons. The SMILES string of the molecule is CCOCCOCCOCCOCCCC(=O)N[C@H](C(=O)N[C@@H](CCCNC(N)=O)C(=O)Nc1ccc(CO)cc1)C(C)C. The fraction of sp³-hybridized carbons (Fsp3) is 0.667. The lowest BCUT2D eigenvalue weighted by molar-refractivity contribution is -0.132. The maximum atomic E-state index is 13.2. The molecule has 0 spiro atoms. The van der Waals surface area contributed by atoms with Gasteiger partial charge >= 0.3 is 6.03 Å². The van der Waals surface area contributed by atoms with Gasteiger partial charge in [-0.15, -0.1) is 0 Å². The molecule has 0 unspecified atom stereocenters. The van der Waals surface area contributed by atoms with E-state index in [9.17, 15) is 24.3 Å². The van der Waals surface area contributed by atoms with Gasteiger partial charge in [0.2, 0.25) is 17.7 Å². The van der Waals surface area contributed by atoms with Crippen LogP contribution in [0, 0.1) is 5.92 Å². The van der Waals surface area contributed by atoms with Crippen LogP contribution in [0.1, 0.15) is 52.0 Å². The number of anilines is 1. The number of primary amides is 1. The monoisotopic (exact) mass is 625 g/mol. The van der Waals surface area contributed by atoms with Gasteiger partial charge in [0, 0.05) is 31.9 Å². The zero-order valence-corrected chi connectivity index (χ0v) is 26.2. The standard InChI is InChI=1S/C30H51N5O9/c1-4-41-15-16-43-19-20-44-18-17-42-14-6-8-26(37)35-27(22(2)3)29(39)34-25(7-5-13-32-30(31)40)28(38)33-24-11-9-23(21-36)10-12-24/h9-12,22,25,27,36H,4-8,13-21H2,1-3H3,(H,33,38)(H,34,39)(H,35,37)(H3,31,32,40)/t25-,27-/m0/s1. The first-order valence-electron chi connectivity index (χ1n) is 15.1. The third-order valence-electron chi connectivity index (χ3n) is 6.28. The van der Waals surface area contributed by atoms with Crippen molar-refractivity contribution < 1.29 is 43.2 Å². The van der Waals surface area contributed by atoms with Gasteiger partial charge in [0.1, 0.15) is 12.1 Å². The van der Waals surface area contributed by atoms with Gasteiger partial charge in [-0.05, 0) is 49.8 Å². The van der Waals surface area contributed by atoms with E-state index in [4.69, 9.17) is 24.7 Å². The van der Waals surface area contributed by atoms with Crippen LogP contribution in [-0.4, -0.2) is 100 Å². The Labute approximate surface area is 260 Å². The highest BCUT2D eigenvalue weighted by molar-refractivity contribution is 5.98. The minimum absolute atomic E-state index is 0.128. The van der Waals surface area contributed by atoms with E-state index < -0.39 is 29.9 Å². The summed E-state index contributed by atoms with van der Waals surface area (Å²) in [5.74, 6) is -1.51. The van der Waals surface area contributed by atoms with Crippen LogP contribution in [0.25, 0.3) is 0 Å². The predicted molar refractivity (Wildman–Crippen MR) is 165 cm³/mol. The van der Waals surface area contributed by atoms with Gasteiger partial charge in [-0.2, -0.15) is 0 Å². The summed E-state index contributed by atoms with van der Waals surface area (Å²) in [5.41, 5.74) is 6.29. The topological polar surface area (TPSA) is 200 Å². The summed E-state index contributed by atoms with van der Waals surface area (Å²) in [6.45, 7) is 9.49. The minimum Gasteiger partial charge on any atom is -0.392 e. The minimum atomic E-state index is -0.940. The van der Waals surface area contributed by atoms with Crippen molar-refractivity contribution >= 4 is 29.4 Å². The molecule has 0 saturated heterocycles. The van der Waals surface area contributed by atoms with Crippen molar-refractivity contribution in [3.8, 4) is 0 Å². The number of urea groups is 1. The molecule has 0 aliphatic rings. The summed E-state index contributed by atoms with van der Waals surface area (Å²) < 4.78 is 21.5. The van der Waals surface area contributed by atoms with E-state index in [1.165, 1.54) is 0 Å². The fourth-order valence-electron chi connectivity index (χ4n) is 3.89. The molecule has 1 aromatic carbocycles. The number of aliphatic hydroxyl groups excluding tert-OH is 1. The number of nitrogens with two attached hydrogens (primary N) is 1. The van der Waals surface area contributed by atoms with Crippen molar-refractivity contribution in [2.75, 3.05) is 64.7 Å². The Balaban J connectivity index is 2.51. The lowest BCUT2D eigenvalue weighted by Gasteiger charge is -2.25. The summed E-state index contributed by atoms with van der Waals surface area (Å²) in [6.07, 6.45) is 1.22. The molecule has 0 fully saturated rings. The normalized spacial score (nSPS) is 12.4. The smallest absolute Gasteiger partial charge is 0.312 e. The Morgan fingerprint density at radius 1 is 0.818 bits per heavy atom. The van der Waals surface area contributed by atoms with Gasteiger partial charge in [-0.3, -0.25) is 14.4 Å².